The lowest BCUT2D eigenvalue weighted by molar-refractivity contribution is 0.398. The van der Waals surface area contributed by atoms with Gasteiger partial charge in [-0.2, -0.15) is 9.40 Å². The van der Waals surface area contributed by atoms with Gasteiger partial charge in [0.15, 0.2) is 0 Å². The summed E-state index contributed by atoms with van der Waals surface area (Å²) < 4.78 is 32.4. The Morgan fingerprint density at radius 3 is 2.71 bits per heavy atom. The SMILES string of the molecule is COc1ccc(Br)cc1CN(C)S(=O)(=O)c1cn[nH]c1C. The lowest BCUT2D eigenvalue weighted by atomic mass is 10.2. The average molecular weight is 374 g/mol. The summed E-state index contributed by atoms with van der Waals surface area (Å²) in [5, 5.41) is 6.40. The first-order valence-electron chi connectivity index (χ1n) is 6.15. The molecule has 0 atom stereocenters. The minimum absolute atomic E-state index is 0.180. The number of benzene rings is 1. The van der Waals surface area contributed by atoms with Gasteiger partial charge in [0, 0.05) is 23.6 Å². The molecule has 2 aromatic rings. The van der Waals surface area contributed by atoms with Crippen molar-refractivity contribution >= 4 is 26.0 Å². The molecular formula is C13H16BrN3O3S. The van der Waals surface area contributed by atoms with E-state index < -0.39 is 10.0 Å². The molecule has 1 heterocycles. The van der Waals surface area contributed by atoms with Crippen molar-refractivity contribution in [3.05, 3.63) is 40.1 Å². The van der Waals surface area contributed by atoms with Crippen LogP contribution in [0.5, 0.6) is 5.75 Å². The molecule has 0 aliphatic rings. The number of aromatic amines is 1. The third kappa shape index (κ3) is 3.28. The largest absolute Gasteiger partial charge is 0.496 e. The molecule has 0 bridgehead atoms. The molecule has 1 aromatic carbocycles. The Hall–Kier alpha value is -1.38. The molecule has 0 fully saturated rings. The van der Waals surface area contributed by atoms with Crippen molar-refractivity contribution < 1.29 is 13.2 Å². The third-order valence-corrected chi connectivity index (χ3v) is 5.52. The van der Waals surface area contributed by atoms with Gasteiger partial charge in [0.25, 0.3) is 0 Å². The van der Waals surface area contributed by atoms with Gasteiger partial charge >= 0.3 is 0 Å². The summed E-state index contributed by atoms with van der Waals surface area (Å²) in [6.07, 6.45) is 1.32. The monoisotopic (exact) mass is 373 g/mol. The Morgan fingerprint density at radius 2 is 2.14 bits per heavy atom. The van der Waals surface area contributed by atoms with Crippen LogP contribution in [-0.2, 0) is 16.6 Å². The minimum atomic E-state index is -3.59. The number of hydrogen-bond donors (Lipinski definition) is 1. The van der Waals surface area contributed by atoms with Gasteiger partial charge < -0.3 is 4.74 Å². The van der Waals surface area contributed by atoms with Crippen LogP contribution in [0.2, 0.25) is 0 Å². The van der Waals surface area contributed by atoms with Gasteiger partial charge in [-0.15, -0.1) is 0 Å². The maximum atomic E-state index is 12.5. The summed E-state index contributed by atoms with van der Waals surface area (Å²) in [5.41, 5.74) is 1.29. The molecular weight excluding hydrogens is 358 g/mol. The van der Waals surface area contributed by atoms with Crippen LogP contribution in [0.1, 0.15) is 11.3 Å². The zero-order valence-corrected chi connectivity index (χ0v) is 14.3. The topological polar surface area (TPSA) is 75.3 Å². The fourth-order valence-electron chi connectivity index (χ4n) is 1.96. The zero-order chi connectivity index (χ0) is 15.6. The Kier molecular flexibility index (Phi) is 4.70. The second kappa shape index (κ2) is 6.17. The van der Waals surface area contributed by atoms with Crippen molar-refractivity contribution in [1.29, 1.82) is 0 Å². The van der Waals surface area contributed by atoms with E-state index in [0.29, 0.717) is 11.4 Å². The van der Waals surface area contributed by atoms with Gasteiger partial charge in [0.05, 0.1) is 19.0 Å². The smallest absolute Gasteiger partial charge is 0.246 e. The van der Waals surface area contributed by atoms with Crippen LogP contribution < -0.4 is 4.74 Å². The molecule has 0 spiro atoms. The quantitative estimate of drug-likeness (QED) is 0.872. The molecule has 1 aromatic heterocycles. The van der Waals surface area contributed by atoms with E-state index in [-0.39, 0.29) is 11.4 Å². The van der Waals surface area contributed by atoms with Crippen LogP contribution in [0.25, 0.3) is 0 Å². The average Bonchev–Trinajstić information content (AvgIpc) is 2.86. The van der Waals surface area contributed by atoms with Crippen molar-refractivity contribution in [3.63, 3.8) is 0 Å². The number of sulfonamides is 1. The molecule has 0 radical (unpaired) electrons. The predicted octanol–water partition coefficient (Wildman–Crippen LogP) is 2.31. The fourth-order valence-corrected chi connectivity index (χ4v) is 3.64. The van der Waals surface area contributed by atoms with Crippen molar-refractivity contribution in [2.75, 3.05) is 14.2 Å². The highest BCUT2D eigenvalue weighted by molar-refractivity contribution is 9.10. The van der Waals surface area contributed by atoms with E-state index in [4.69, 9.17) is 4.74 Å². The van der Waals surface area contributed by atoms with E-state index in [2.05, 4.69) is 26.1 Å². The van der Waals surface area contributed by atoms with Crippen molar-refractivity contribution in [3.8, 4) is 5.75 Å². The van der Waals surface area contributed by atoms with Crippen molar-refractivity contribution in [1.82, 2.24) is 14.5 Å². The predicted molar refractivity (Wildman–Crippen MR) is 82.7 cm³/mol. The Bertz CT molecular complexity index is 743. The van der Waals surface area contributed by atoms with Crippen LogP contribution in [0.4, 0.5) is 0 Å². The summed E-state index contributed by atoms with van der Waals surface area (Å²) in [6, 6.07) is 5.48. The molecule has 21 heavy (non-hydrogen) atoms. The summed E-state index contributed by atoms with van der Waals surface area (Å²) in [7, 11) is -0.507. The van der Waals surface area contributed by atoms with Gasteiger partial charge in [-0.3, -0.25) is 5.10 Å². The van der Waals surface area contributed by atoms with Crippen LogP contribution in [-0.4, -0.2) is 37.1 Å². The van der Waals surface area contributed by atoms with Gasteiger partial charge in [-0.1, -0.05) is 15.9 Å². The number of H-pyrrole nitrogens is 1. The number of aryl methyl sites for hydroxylation is 1. The molecule has 8 heteroatoms. The molecule has 114 valence electrons. The Labute approximate surface area is 132 Å². The van der Waals surface area contributed by atoms with Gasteiger partial charge in [-0.25, -0.2) is 8.42 Å². The number of nitrogens with one attached hydrogen (secondary N) is 1. The zero-order valence-electron chi connectivity index (χ0n) is 11.9. The van der Waals surface area contributed by atoms with Crippen LogP contribution in [0.3, 0.4) is 0 Å². The number of halogens is 1. The molecule has 0 amide bonds. The van der Waals surface area contributed by atoms with Crippen LogP contribution in [0, 0.1) is 6.92 Å². The van der Waals surface area contributed by atoms with Crippen LogP contribution >= 0.6 is 15.9 Å². The highest BCUT2D eigenvalue weighted by Crippen LogP contribution is 2.26. The summed E-state index contributed by atoms with van der Waals surface area (Å²) in [6.45, 7) is 1.88. The van der Waals surface area contributed by atoms with Gasteiger partial charge in [0.2, 0.25) is 10.0 Å². The third-order valence-electron chi connectivity index (χ3n) is 3.11. The first kappa shape index (κ1) is 16.0. The second-order valence-electron chi connectivity index (χ2n) is 4.58. The van der Waals surface area contributed by atoms with E-state index in [0.717, 1.165) is 10.0 Å². The molecule has 0 saturated carbocycles. The normalized spacial score (nSPS) is 11.9. The highest BCUT2D eigenvalue weighted by atomic mass is 79.9. The number of nitrogens with zero attached hydrogens (tertiary/aromatic N) is 2. The van der Waals surface area contributed by atoms with E-state index >= 15 is 0 Å². The molecule has 0 aliphatic heterocycles. The van der Waals surface area contributed by atoms with Gasteiger partial charge in [0.1, 0.15) is 10.6 Å². The maximum Gasteiger partial charge on any atom is 0.246 e. The number of rotatable bonds is 5. The van der Waals surface area contributed by atoms with Crippen molar-refractivity contribution in [2.45, 2.75) is 18.4 Å². The fraction of sp³-hybridized carbons (Fsp3) is 0.308. The lowest BCUT2D eigenvalue weighted by Gasteiger charge is -2.18. The van der Waals surface area contributed by atoms with Gasteiger partial charge in [-0.05, 0) is 25.1 Å². The van der Waals surface area contributed by atoms with E-state index in [9.17, 15) is 8.42 Å². The number of aromatic nitrogens is 2. The van der Waals surface area contributed by atoms with E-state index in [1.807, 2.05) is 12.1 Å². The summed E-state index contributed by atoms with van der Waals surface area (Å²) in [4.78, 5) is 0.180. The molecule has 0 aliphatic carbocycles. The first-order chi connectivity index (χ1) is 9.86. The lowest BCUT2D eigenvalue weighted by Crippen LogP contribution is -2.27. The van der Waals surface area contributed by atoms with Crippen molar-refractivity contribution in [2.24, 2.45) is 0 Å². The van der Waals surface area contributed by atoms with Crippen LogP contribution in [0.15, 0.2) is 33.8 Å². The second-order valence-corrected chi connectivity index (χ2v) is 7.51. The summed E-state index contributed by atoms with van der Waals surface area (Å²) in [5.74, 6) is 0.643. The highest BCUT2D eigenvalue weighted by Gasteiger charge is 2.25. The summed E-state index contributed by atoms with van der Waals surface area (Å²) >= 11 is 3.38. The standard InChI is InChI=1S/C13H16BrN3O3S/c1-9-13(7-15-16-9)21(18,19)17(2)8-10-6-11(14)4-5-12(10)20-3/h4-7H,8H2,1-3H3,(H,15,16). The maximum absolute atomic E-state index is 12.5. The van der Waals surface area contributed by atoms with E-state index in [1.165, 1.54) is 17.5 Å². The molecule has 2 rings (SSSR count). The minimum Gasteiger partial charge on any atom is -0.496 e. The molecule has 0 saturated heterocycles. The molecule has 0 unspecified atom stereocenters. The van der Waals surface area contributed by atoms with E-state index in [1.54, 1.807) is 20.1 Å². The first-order valence-corrected chi connectivity index (χ1v) is 8.38. The number of hydrogen-bond acceptors (Lipinski definition) is 4. The number of methoxy groups -OCH3 is 1. The Balaban J connectivity index is 2.32. The Morgan fingerprint density at radius 1 is 1.43 bits per heavy atom. The molecule has 6 nitrogen and oxygen atoms in total. The number of ether oxygens (including phenoxy) is 1. The molecule has 1 N–H and O–H groups in total.